The molecule has 3 N–H and O–H groups in total. The number of hydrogen-bond acceptors (Lipinski definition) is 3. The first-order chi connectivity index (χ1) is 9.77. The second-order valence-corrected chi connectivity index (χ2v) is 4.72. The number of primary amides is 1. The first-order valence-electron chi connectivity index (χ1n) is 6.31. The lowest BCUT2D eigenvalue weighted by molar-refractivity contribution is -0.127. The van der Waals surface area contributed by atoms with Gasteiger partial charge in [0.15, 0.2) is 0 Å². The number of rotatable bonds is 7. The molecule has 1 aromatic rings. The molecule has 0 radical (unpaired) electrons. The smallest absolute Gasteiger partial charge is 0.240 e. The third kappa shape index (κ3) is 6.11. The number of nitrogens with one attached hydrogen (secondary N) is 1. The number of nitrogens with two attached hydrogens (primary N) is 1. The van der Waals surface area contributed by atoms with E-state index < -0.39 is 29.5 Å². The molecule has 0 saturated carbocycles. The van der Waals surface area contributed by atoms with Gasteiger partial charge in [-0.1, -0.05) is 0 Å². The number of benzene rings is 1. The summed E-state index contributed by atoms with van der Waals surface area (Å²) < 4.78 is 26.0. The van der Waals surface area contributed by atoms with Crippen LogP contribution < -0.4 is 11.1 Å². The molecule has 1 aromatic carbocycles. The van der Waals surface area contributed by atoms with Gasteiger partial charge in [0, 0.05) is 12.5 Å². The molecule has 0 unspecified atom stereocenters. The molecule has 0 aliphatic carbocycles. The summed E-state index contributed by atoms with van der Waals surface area (Å²) in [6.07, 6.45) is -0.102. The lowest BCUT2D eigenvalue weighted by Gasteiger charge is -2.14. The van der Waals surface area contributed by atoms with E-state index in [9.17, 15) is 23.2 Å². The predicted molar refractivity (Wildman–Crippen MR) is 71.1 cm³/mol. The van der Waals surface area contributed by atoms with Crippen molar-refractivity contribution >= 4 is 17.6 Å². The summed E-state index contributed by atoms with van der Waals surface area (Å²) in [5, 5.41) is 2.35. The Morgan fingerprint density at radius 3 is 2.24 bits per heavy atom. The summed E-state index contributed by atoms with van der Waals surface area (Å²) >= 11 is 0. The minimum absolute atomic E-state index is 0.0912. The minimum Gasteiger partial charge on any atom is -0.368 e. The van der Waals surface area contributed by atoms with E-state index in [2.05, 4.69) is 5.32 Å². The number of halogens is 2. The first-order valence-corrected chi connectivity index (χ1v) is 6.31. The lowest BCUT2D eigenvalue weighted by Crippen LogP contribution is -2.45. The van der Waals surface area contributed by atoms with Crippen molar-refractivity contribution in [3.63, 3.8) is 0 Å². The fourth-order valence-corrected chi connectivity index (χ4v) is 1.78. The Hall–Kier alpha value is -2.31. The van der Waals surface area contributed by atoms with Gasteiger partial charge >= 0.3 is 0 Å². The number of hydrogen-bond donors (Lipinski definition) is 2. The van der Waals surface area contributed by atoms with Gasteiger partial charge in [-0.05, 0) is 31.0 Å². The predicted octanol–water partition coefficient (Wildman–Crippen LogP) is 0.847. The summed E-state index contributed by atoms with van der Waals surface area (Å²) in [4.78, 5) is 33.8. The van der Waals surface area contributed by atoms with E-state index in [4.69, 9.17) is 5.73 Å². The van der Waals surface area contributed by atoms with E-state index in [1.807, 2.05) is 0 Å². The van der Waals surface area contributed by atoms with Gasteiger partial charge in [-0.15, -0.1) is 0 Å². The Kier molecular flexibility index (Phi) is 5.95. The lowest BCUT2D eigenvalue weighted by atomic mass is 10.1. The van der Waals surface area contributed by atoms with E-state index in [0.717, 1.165) is 12.1 Å². The molecule has 114 valence electrons. The number of carbonyl (C=O) groups excluding carboxylic acids is 3. The number of Topliss-reactive ketones (excluding diaryl/α,β-unsaturated/α-hetero) is 1. The average molecular weight is 298 g/mol. The van der Waals surface area contributed by atoms with Crippen LogP contribution in [0.5, 0.6) is 0 Å². The fourth-order valence-electron chi connectivity index (χ4n) is 1.78. The van der Waals surface area contributed by atoms with Crippen molar-refractivity contribution in [2.24, 2.45) is 5.73 Å². The second-order valence-electron chi connectivity index (χ2n) is 4.72. The largest absolute Gasteiger partial charge is 0.368 e. The standard InChI is InChI=1S/C14H16F2N2O3/c1-8(19)2-3-12(14(17)21)18-13(20)6-9-4-10(15)7-11(16)5-9/h4-5,7,12H,2-3,6H2,1H3,(H2,17,21)(H,18,20)/t12-/m0/s1. The molecule has 2 amide bonds. The zero-order valence-corrected chi connectivity index (χ0v) is 11.5. The van der Waals surface area contributed by atoms with Crippen LogP contribution in [0.25, 0.3) is 0 Å². The number of carbonyl (C=O) groups is 3. The first kappa shape index (κ1) is 16.7. The van der Waals surface area contributed by atoms with Crippen LogP contribution in [0.15, 0.2) is 18.2 Å². The molecule has 0 fully saturated rings. The Morgan fingerprint density at radius 1 is 1.19 bits per heavy atom. The average Bonchev–Trinajstić information content (AvgIpc) is 2.32. The van der Waals surface area contributed by atoms with Gasteiger partial charge in [-0.25, -0.2) is 8.78 Å². The molecule has 0 aromatic heterocycles. The summed E-state index contributed by atoms with van der Waals surface area (Å²) in [6, 6.07) is 1.76. The maximum atomic E-state index is 13.0. The van der Waals surface area contributed by atoms with Crippen LogP contribution in [0.3, 0.4) is 0 Å². The summed E-state index contributed by atoms with van der Waals surface area (Å²) in [5.41, 5.74) is 5.27. The highest BCUT2D eigenvalue weighted by atomic mass is 19.1. The minimum atomic E-state index is -0.986. The van der Waals surface area contributed by atoms with Crippen molar-refractivity contribution in [3.8, 4) is 0 Å². The Morgan fingerprint density at radius 2 is 1.76 bits per heavy atom. The van der Waals surface area contributed by atoms with Crippen LogP contribution in [0.1, 0.15) is 25.3 Å². The molecule has 0 bridgehead atoms. The van der Waals surface area contributed by atoms with Crippen LogP contribution >= 0.6 is 0 Å². The van der Waals surface area contributed by atoms with Gasteiger partial charge < -0.3 is 15.8 Å². The SMILES string of the molecule is CC(=O)CC[C@H](NC(=O)Cc1cc(F)cc(F)c1)C(N)=O. The number of amides is 2. The Balaban J connectivity index is 2.65. The van der Waals surface area contributed by atoms with Gasteiger partial charge in [0.2, 0.25) is 11.8 Å². The van der Waals surface area contributed by atoms with Crippen LogP contribution in [0.2, 0.25) is 0 Å². The third-order valence-electron chi connectivity index (χ3n) is 2.75. The maximum Gasteiger partial charge on any atom is 0.240 e. The molecular weight excluding hydrogens is 282 g/mol. The molecule has 21 heavy (non-hydrogen) atoms. The van der Waals surface area contributed by atoms with Crippen LogP contribution in [-0.2, 0) is 20.8 Å². The van der Waals surface area contributed by atoms with Crippen molar-refractivity contribution in [1.29, 1.82) is 0 Å². The Labute approximate surface area is 120 Å². The molecule has 7 heteroatoms. The van der Waals surface area contributed by atoms with Crippen LogP contribution in [-0.4, -0.2) is 23.6 Å². The van der Waals surface area contributed by atoms with Gasteiger partial charge in [0.05, 0.1) is 6.42 Å². The molecule has 1 atom stereocenters. The fraction of sp³-hybridized carbons (Fsp3) is 0.357. The van der Waals surface area contributed by atoms with E-state index in [0.29, 0.717) is 6.07 Å². The third-order valence-corrected chi connectivity index (χ3v) is 2.75. The summed E-state index contributed by atoms with van der Waals surface area (Å²) in [7, 11) is 0. The van der Waals surface area contributed by atoms with E-state index in [1.54, 1.807) is 0 Å². The molecule has 0 spiro atoms. The van der Waals surface area contributed by atoms with E-state index in [1.165, 1.54) is 6.92 Å². The molecule has 0 heterocycles. The summed E-state index contributed by atoms with van der Waals surface area (Å²) in [6.45, 7) is 1.36. The maximum absolute atomic E-state index is 13.0. The van der Waals surface area contributed by atoms with Gasteiger partial charge in [-0.2, -0.15) is 0 Å². The monoisotopic (exact) mass is 298 g/mol. The molecule has 0 aliphatic heterocycles. The normalized spacial score (nSPS) is 11.8. The molecule has 0 saturated heterocycles. The summed E-state index contributed by atoms with van der Waals surface area (Å²) in [5.74, 6) is -3.09. The quantitative estimate of drug-likeness (QED) is 0.782. The van der Waals surface area contributed by atoms with E-state index in [-0.39, 0.29) is 30.6 Å². The van der Waals surface area contributed by atoms with E-state index >= 15 is 0 Å². The van der Waals surface area contributed by atoms with Gasteiger partial charge in [-0.3, -0.25) is 9.59 Å². The highest BCUT2D eigenvalue weighted by Crippen LogP contribution is 2.09. The molecular formula is C14H16F2N2O3. The van der Waals surface area contributed by atoms with Crippen molar-refractivity contribution in [3.05, 3.63) is 35.4 Å². The highest BCUT2D eigenvalue weighted by Gasteiger charge is 2.18. The highest BCUT2D eigenvalue weighted by molar-refractivity contribution is 5.88. The van der Waals surface area contributed by atoms with Crippen molar-refractivity contribution < 1.29 is 23.2 Å². The Bertz CT molecular complexity index is 541. The topological polar surface area (TPSA) is 89.3 Å². The zero-order chi connectivity index (χ0) is 16.0. The number of ketones is 1. The second kappa shape index (κ2) is 7.47. The van der Waals surface area contributed by atoms with Crippen molar-refractivity contribution in [2.45, 2.75) is 32.2 Å². The van der Waals surface area contributed by atoms with Gasteiger partial charge in [0.1, 0.15) is 23.5 Å². The molecule has 1 rings (SSSR count). The van der Waals surface area contributed by atoms with Crippen LogP contribution in [0.4, 0.5) is 8.78 Å². The molecule has 5 nitrogen and oxygen atoms in total. The van der Waals surface area contributed by atoms with Crippen LogP contribution in [0, 0.1) is 11.6 Å². The van der Waals surface area contributed by atoms with Crippen molar-refractivity contribution in [2.75, 3.05) is 0 Å². The van der Waals surface area contributed by atoms with Crippen molar-refractivity contribution in [1.82, 2.24) is 5.32 Å². The zero-order valence-electron chi connectivity index (χ0n) is 11.5. The van der Waals surface area contributed by atoms with Gasteiger partial charge in [0.25, 0.3) is 0 Å². The molecule has 0 aliphatic rings.